The first-order valence-electron chi connectivity index (χ1n) is 7.06. The third-order valence-electron chi connectivity index (χ3n) is 3.26. The summed E-state index contributed by atoms with van der Waals surface area (Å²) >= 11 is 0. The highest BCUT2D eigenvalue weighted by Crippen LogP contribution is 2.29. The average molecular weight is 282 g/mol. The van der Waals surface area contributed by atoms with E-state index in [0.717, 1.165) is 22.3 Å². The van der Waals surface area contributed by atoms with Crippen LogP contribution in [0, 0.1) is 0 Å². The van der Waals surface area contributed by atoms with Crippen LogP contribution in [0.2, 0.25) is 0 Å². The van der Waals surface area contributed by atoms with Crippen LogP contribution in [0.1, 0.15) is 31.3 Å². The minimum Gasteiger partial charge on any atom is -0.491 e. The Balaban J connectivity index is 1.92. The lowest BCUT2D eigenvalue weighted by molar-refractivity contribution is 0.190. The molecule has 0 bridgehead atoms. The Bertz CT molecular complexity index is 710. The molecule has 3 aromatic rings. The van der Waals surface area contributed by atoms with E-state index in [1.807, 2.05) is 68.4 Å². The van der Waals surface area contributed by atoms with Gasteiger partial charge < -0.3 is 14.3 Å². The van der Waals surface area contributed by atoms with Crippen molar-refractivity contribution in [1.29, 1.82) is 0 Å². The number of hydrogen-bond acceptors (Lipinski definition) is 3. The van der Waals surface area contributed by atoms with Crippen molar-refractivity contribution in [3.8, 4) is 5.75 Å². The highest BCUT2D eigenvalue weighted by molar-refractivity contribution is 5.77. The van der Waals surface area contributed by atoms with Crippen LogP contribution in [-0.2, 0) is 0 Å². The van der Waals surface area contributed by atoms with E-state index in [1.165, 1.54) is 0 Å². The number of rotatable bonds is 4. The molecule has 3 nitrogen and oxygen atoms in total. The zero-order valence-corrected chi connectivity index (χ0v) is 12.1. The van der Waals surface area contributed by atoms with E-state index in [0.29, 0.717) is 5.76 Å². The van der Waals surface area contributed by atoms with E-state index in [1.54, 1.807) is 0 Å². The molecule has 0 aliphatic carbocycles. The van der Waals surface area contributed by atoms with E-state index in [9.17, 15) is 5.11 Å². The van der Waals surface area contributed by atoms with Crippen molar-refractivity contribution in [1.82, 2.24) is 0 Å². The molecule has 1 N–H and O–H groups in total. The molecule has 3 rings (SSSR count). The summed E-state index contributed by atoms with van der Waals surface area (Å²) < 4.78 is 11.4. The predicted molar refractivity (Wildman–Crippen MR) is 82.5 cm³/mol. The standard InChI is InChI=1S/C18H18O3/c1-12(2)20-15-8-5-7-14(10-15)18(19)17-11-13-6-3-4-9-16(13)21-17/h3-12,18-19H,1-2H3. The van der Waals surface area contributed by atoms with Crippen LogP contribution in [0.25, 0.3) is 11.0 Å². The maximum Gasteiger partial charge on any atom is 0.138 e. The van der Waals surface area contributed by atoms with E-state index in [4.69, 9.17) is 9.15 Å². The number of ether oxygens (including phenoxy) is 1. The average Bonchev–Trinajstić information content (AvgIpc) is 2.90. The molecule has 1 atom stereocenters. The lowest BCUT2D eigenvalue weighted by atomic mass is 10.1. The Morgan fingerprint density at radius 1 is 1.00 bits per heavy atom. The van der Waals surface area contributed by atoms with Crippen LogP contribution in [0.5, 0.6) is 5.75 Å². The van der Waals surface area contributed by atoms with Gasteiger partial charge in [-0.25, -0.2) is 0 Å². The molecule has 21 heavy (non-hydrogen) atoms. The van der Waals surface area contributed by atoms with E-state index < -0.39 is 6.10 Å². The smallest absolute Gasteiger partial charge is 0.138 e. The van der Waals surface area contributed by atoms with Gasteiger partial charge in [0.25, 0.3) is 0 Å². The highest BCUT2D eigenvalue weighted by Gasteiger charge is 2.16. The summed E-state index contributed by atoms with van der Waals surface area (Å²) in [5, 5.41) is 11.5. The van der Waals surface area contributed by atoms with Crippen LogP contribution < -0.4 is 4.74 Å². The monoisotopic (exact) mass is 282 g/mol. The molecule has 0 aliphatic heterocycles. The first-order valence-corrected chi connectivity index (χ1v) is 7.06. The van der Waals surface area contributed by atoms with Gasteiger partial charge in [-0.1, -0.05) is 30.3 Å². The largest absolute Gasteiger partial charge is 0.491 e. The molecule has 0 saturated carbocycles. The second-order valence-corrected chi connectivity index (χ2v) is 5.33. The Morgan fingerprint density at radius 2 is 1.81 bits per heavy atom. The number of aliphatic hydroxyl groups is 1. The summed E-state index contributed by atoms with van der Waals surface area (Å²) in [6.45, 7) is 3.95. The SMILES string of the molecule is CC(C)Oc1cccc(C(O)c2cc3ccccc3o2)c1. The zero-order valence-electron chi connectivity index (χ0n) is 12.1. The van der Waals surface area contributed by atoms with Gasteiger partial charge in [-0.2, -0.15) is 0 Å². The number of benzene rings is 2. The molecular weight excluding hydrogens is 264 g/mol. The fourth-order valence-corrected chi connectivity index (χ4v) is 2.33. The molecule has 0 radical (unpaired) electrons. The molecule has 3 heteroatoms. The van der Waals surface area contributed by atoms with Crippen LogP contribution in [-0.4, -0.2) is 11.2 Å². The topological polar surface area (TPSA) is 42.6 Å². The summed E-state index contributed by atoms with van der Waals surface area (Å²) in [7, 11) is 0. The predicted octanol–water partition coefficient (Wildman–Crippen LogP) is 4.30. The van der Waals surface area contributed by atoms with E-state index in [-0.39, 0.29) is 6.10 Å². The molecule has 0 amide bonds. The number of hydrogen-bond donors (Lipinski definition) is 1. The van der Waals surface area contributed by atoms with Gasteiger partial charge in [0.05, 0.1) is 6.10 Å². The minimum atomic E-state index is -0.798. The third-order valence-corrected chi connectivity index (χ3v) is 3.26. The second kappa shape index (κ2) is 5.62. The molecule has 2 aromatic carbocycles. The molecule has 1 unspecified atom stereocenters. The van der Waals surface area contributed by atoms with E-state index >= 15 is 0 Å². The Morgan fingerprint density at radius 3 is 2.57 bits per heavy atom. The lowest BCUT2D eigenvalue weighted by Gasteiger charge is -2.13. The van der Waals surface area contributed by atoms with Crippen molar-refractivity contribution < 1.29 is 14.3 Å². The van der Waals surface area contributed by atoms with E-state index in [2.05, 4.69) is 0 Å². The normalized spacial score (nSPS) is 12.8. The fraction of sp³-hybridized carbons (Fsp3) is 0.222. The zero-order chi connectivity index (χ0) is 14.8. The molecule has 1 heterocycles. The van der Waals surface area contributed by atoms with Gasteiger partial charge in [0.1, 0.15) is 23.2 Å². The molecule has 108 valence electrons. The Labute approximate surface area is 123 Å². The van der Waals surface area contributed by atoms with Crippen molar-refractivity contribution in [2.75, 3.05) is 0 Å². The number of fused-ring (bicyclic) bond motifs is 1. The Hall–Kier alpha value is -2.26. The third kappa shape index (κ3) is 2.93. The van der Waals surface area contributed by atoms with Crippen molar-refractivity contribution in [2.24, 2.45) is 0 Å². The Kier molecular flexibility index (Phi) is 3.67. The molecule has 0 saturated heterocycles. The second-order valence-electron chi connectivity index (χ2n) is 5.33. The lowest BCUT2D eigenvalue weighted by Crippen LogP contribution is -2.06. The van der Waals surface area contributed by atoms with Gasteiger partial charge in [-0.15, -0.1) is 0 Å². The van der Waals surface area contributed by atoms with Crippen LogP contribution in [0.4, 0.5) is 0 Å². The molecule has 1 aromatic heterocycles. The molecule has 0 aliphatic rings. The van der Waals surface area contributed by atoms with Crippen LogP contribution in [0.3, 0.4) is 0 Å². The first kappa shape index (κ1) is 13.7. The van der Waals surface area contributed by atoms with Crippen LogP contribution in [0.15, 0.2) is 59.0 Å². The van der Waals surface area contributed by atoms with Gasteiger partial charge in [-0.05, 0) is 43.7 Å². The maximum absolute atomic E-state index is 10.5. The summed E-state index contributed by atoms with van der Waals surface area (Å²) in [4.78, 5) is 0. The molecular formula is C18H18O3. The van der Waals surface area contributed by atoms with Gasteiger partial charge in [0.2, 0.25) is 0 Å². The summed E-state index contributed by atoms with van der Waals surface area (Å²) in [5.41, 5.74) is 1.54. The number of para-hydroxylation sites is 1. The van der Waals surface area contributed by atoms with Crippen molar-refractivity contribution in [3.63, 3.8) is 0 Å². The van der Waals surface area contributed by atoms with Crippen molar-refractivity contribution in [3.05, 3.63) is 65.9 Å². The number of furan rings is 1. The minimum absolute atomic E-state index is 0.101. The van der Waals surface area contributed by atoms with Crippen molar-refractivity contribution >= 4 is 11.0 Å². The summed E-state index contributed by atoms with van der Waals surface area (Å²) in [6.07, 6.45) is -0.697. The van der Waals surface area contributed by atoms with Gasteiger partial charge in [-0.3, -0.25) is 0 Å². The van der Waals surface area contributed by atoms with Gasteiger partial charge >= 0.3 is 0 Å². The molecule has 0 spiro atoms. The van der Waals surface area contributed by atoms with Crippen LogP contribution >= 0.6 is 0 Å². The maximum atomic E-state index is 10.5. The summed E-state index contributed by atoms with van der Waals surface area (Å²) in [6, 6.07) is 17.1. The van der Waals surface area contributed by atoms with Gasteiger partial charge in [0, 0.05) is 5.39 Å². The highest BCUT2D eigenvalue weighted by atomic mass is 16.5. The fourth-order valence-electron chi connectivity index (χ4n) is 2.33. The van der Waals surface area contributed by atoms with Crippen molar-refractivity contribution in [2.45, 2.75) is 26.1 Å². The molecule has 0 fully saturated rings. The number of aliphatic hydroxyl groups excluding tert-OH is 1. The van der Waals surface area contributed by atoms with Gasteiger partial charge in [0.15, 0.2) is 0 Å². The first-order chi connectivity index (χ1) is 10.1. The summed E-state index contributed by atoms with van der Waals surface area (Å²) in [5.74, 6) is 1.29. The quantitative estimate of drug-likeness (QED) is 0.775.